The molecule has 0 atom stereocenters. The van der Waals surface area contributed by atoms with Crippen LogP contribution in [0.25, 0.3) is 11.1 Å². The summed E-state index contributed by atoms with van der Waals surface area (Å²) < 4.78 is 35.4. The van der Waals surface area contributed by atoms with Gasteiger partial charge in [-0.15, -0.1) is 0 Å². The fourth-order valence-corrected chi connectivity index (χ4v) is 3.14. The van der Waals surface area contributed by atoms with E-state index in [1.54, 1.807) is 40.0 Å². The van der Waals surface area contributed by atoms with Gasteiger partial charge in [0.05, 0.1) is 18.6 Å². The quantitative estimate of drug-likeness (QED) is 0.228. The number of hydrogen-bond acceptors (Lipinski definition) is 6. The average molecular weight is 473 g/mol. The molecule has 0 radical (unpaired) electrons. The lowest BCUT2D eigenvalue weighted by Gasteiger charge is -2.21. The van der Waals surface area contributed by atoms with Crippen molar-refractivity contribution in [2.24, 2.45) is 5.41 Å². The van der Waals surface area contributed by atoms with Crippen molar-refractivity contribution < 1.29 is 32.9 Å². The average Bonchev–Trinajstić information content (AvgIpc) is 2.79. The van der Waals surface area contributed by atoms with Crippen molar-refractivity contribution in [2.75, 3.05) is 33.5 Å². The number of benzene rings is 2. The lowest BCUT2D eigenvalue weighted by Crippen LogP contribution is -2.31. The molecule has 2 aromatic carbocycles. The van der Waals surface area contributed by atoms with Crippen LogP contribution in [-0.2, 0) is 30.2 Å². The maximum Gasteiger partial charge on any atom is 0.333 e. The van der Waals surface area contributed by atoms with E-state index in [4.69, 9.17) is 18.9 Å². The van der Waals surface area contributed by atoms with Gasteiger partial charge in [-0.1, -0.05) is 30.8 Å². The Bertz CT molecular complexity index is 981. The Morgan fingerprint density at radius 1 is 1.00 bits per heavy atom. The number of rotatable bonds is 13. The number of carbonyl (C=O) groups excluding carboxylic acids is 2. The summed E-state index contributed by atoms with van der Waals surface area (Å²) in [4.78, 5) is 23.4. The molecule has 0 N–H and O–H groups in total. The van der Waals surface area contributed by atoms with Crippen LogP contribution in [0.3, 0.4) is 0 Å². The highest BCUT2D eigenvalue weighted by molar-refractivity contribution is 5.86. The van der Waals surface area contributed by atoms with Crippen LogP contribution in [0.5, 0.6) is 5.75 Å². The number of hydrogen-bond donors (Lipinski definition) is 0. The molecule has 0 aliphatic heterocycles. The second-order valence-electron chi connectivity index (χ2n) is 8.66. The highest BCUT2D eigenvalue weighted by Crippen LogP contribution is 2.27. The SMILES string of the molecule is C=C(C)C(=O)OCCOc1ccc(-c2ccc(CCCOC(=O)C(C)(C)COC)cc2)c(F)c1. The first-order valence-corrected chi connectivity index (χ1v) is 11.1. The zero-order valence-electron chi connectivity index (χ0n) is 20.3. The standard InChI is InChI=1S/C27H33FO6/c1-19(2)25(29)33-16-15-32-22-12-13-23(24(28)17-22)21-10-8-20(9-11-21)7-6-14-34-26(30)27(3,4)18-31-5/h8-13,17H,1,6-7,14-16,18H2,2-5H3. The number of halogens is 1. The van der Waals surface area contributed by atoms with Crippen LogP contribution < -0.4 is 4.74 Å². The summed E-state index contributed by atoms with van der Waals surface area (Å²) in [6, 6.07) is 12.2. The maximum atomic E-state index is 14.6. The highest BCUT2D eigenvalue weighted by atomic mass is 19.1. The predicted molar refractivity (Wildman–Crippen MR) is 128 cm³/mol. The van der Waals surface area contributed by atoms with Crippen molar-refractivity contribution >= 4 is 11.9 Å². The predicted octanol–water partition coefficient (Wildman–Crippen LogP) is 5.14. The molecule has 34 heavy (non-hydrogen) atoms. The molecule has 0 saturated carbocycles. The second kappa shape index (κ2) is 12.9. The molecule has 0 aliphatic carbocycles. The fourth-order valence-electron chi connectivity index (χ4n) is 3.14. The second-order valence-corrected chi connectivity index (χ2v) is 8.66. The van der Waals surface area contributed by atoms with Crippen molar-refractivity contribution in [3.63, 3.8) is 0 Å². The monoisotopic (exact) mass is 472 g/mol. The van der Waals surface area contributed by atoms with Gasteiger partial charge in [0, 0.05) is 24.3 Å². The van der Waals surface area contributed by atoms with Crippen molar-refractivity contribution in [3.8, 4) is 16.9 Å². The molecule has 2 rings (SSSR count). The third-order valence-electron chi connectivity index (χ3n) is 5.04. The van der Waals surface area contributed by atoms with Crippen molar-refractivity contribution in [1.29, 1.82) is 0 Å². The summed E-state index contributed by atoms with van der Waals surface area (Å²) in [6.45, 7) is 9.45. The summed E-state index contributed by atoms with van der Waals surface area (Å²) in [6.07, 6.45) is 1.43. The lowest BCUT2D eigenvalue weighted by atomic mass is 9.95. The molecule has 0 fully saturated rings. The topological polar surface area (TPSA) is 71.1 Å². The summed E-state index contributed by atoms with van der Waals surface area (Å²) in [5, 5.41) is 0. The summed E-state index contributed by atoms with van der Waals surface area (Å²) in [5.74, 6) is -0.816. The lowest BCUT2D eigenvalue weighted by molar-refractivity contribution is -0.156. The smallest absolute Gasteiger partial charge is 0.333 e. The van der Waals surface area contributed by atoms with Gasteiger partial charge in [-0.2, -0.15) is 0 Å². The normalized spacial score (nSPS) is 11.1. The first-order valence-electron chi connectivity index (χ1n) is 11.1. The molecular weight excluding hydrogens is 439 g/mol. The third kappa shape index (κ3) is 8.30. The molecule has 0 unspecified atom stereocenters. The van der Waals surface area contributed by atoms with Gasteiger partial charge in [0.25, 0.3) is 0 Å². The van der Waals surface area contributed by atoms with Crippen LogP contribution in [-0.4, -0.2) is 45.5 Å². The Hall–Kier alpha value is -3.19. The number of methoxy groups -OCH3 is 1. The molecule has 0 spiro atoms. The first kappa shape index (κ1) is 27.1. The molecule has 0 amide bonds. The zero-order valence-corrected chi connectivity index (χ0v) is 20.3. The van der Waals surface area contributed by atoms with Gasteiger partial charge in [-0.25, -0.2) is 9.18 Å². The van der Waals surface area contributed by atoms with Crippen LogP contribution in [0.2, 0.25) is 0 Å². The molecular formula is C27H33FO6. The van der Waals surface area contributed by atoms with Crippen LogP contribution in [0.15, 0.2) is 54.6 Å². The molecule has 0 bridgehead atoms. The highest BCUT2D eigenvalue weighted by Gasteiger charge is 2.29. The Balaban J connectivity index is 1.83. The number of ether oxygens (including phenoxy) is 4. The van der Waals surface area contributed by atoms with Crippen LogP contribution in [0.4, 0.5) is 4.39 Å². The van der Waals surface area contributed by atoms with Crippen LogP contribution in [0, 0.1) is 11.2 Å². The minimum Gasteiger partial charge on any atom is -0.490 e. The van der Waals surface area contributed by atoms with Crippen molar-refractivity contribution in [1.82, 2.24) is 0 Å². The van der Waals surface area contributed by atoms with E-state index >= 15 is 0 Å². The maximum absolute atomic E-state index is 14.6. The molecule has 6 nitrogen and oxygen atoms in total. The summed E-state index contributed by atoms with van der Waals surface area (Å²) >= 11 is 0. The summed E-state index contributed by atoms with van der Waals surface area (Å²) in [5.41, 5.74) is 1.92. The minimum absolute atomic E-state index is 0.0562. The zero-order chi connectivity index (χ0) is 25.1. The van der Waals surface area contributed by atoms with Gasteiger partial charge in [0.2, 0.25) is 0 Å². The molecule has 2 aromatic rings. The van der Waals surface area contributed by atoms with E-state index in [0.29, 0.717) is 36.5 Å². The van der Waals surface area contributed by atoms with Gasteiger partial charge in [-0.3, -0.25) is 4.79 Å². The van der Waals surface area contributed by atoms with Crippen LogP contribution in [0.1, 0.15) is 32.8 Å². The number of carbonyl (C=O) groups is 2. The Morgan fingerprint density at radius 2 is 1.71 bits per heavy atom. The van der Waals surface area contributed by atoms with Crippen LogP contribution >= 0.6 is 0 Å². The van der Waals surface area contributed by atoms with E-state index in [1.807, 2.05) is 24.3 Å². The van der Waals surface area contributed by atoms with E-state index in [2.05, 4.69) is 6.58 Å². The van der Waals surface area contributed by atoms with Gasteiger partial charge >= 0.3 is 11.9 Å². The van der Waals surface area contributed by atoms with E-state index in [0.717, 1.165) is 17.5 Å². The molecule has 0 heterocycles. The Labute approximate surface area is 200 Å². The minimum atomic E-state index is -0.668. The Morgan fingerprint density at radius 3 is 2.32 bits per heavy atom. The molecule has 0 saturated heterocycles. The van der Waals surface area contributed by atoms with E-state index in [9.17, 15) is 14.0 Å². The first-order chi connectivity index (χ1) is 16.1. The van der Waals surface area contributed by atoms with Gasteiger partial charge in [-0.05, 0) is 56.9 Å². The Kier molecular flexibility index (Phi) is 10.3. The largest absolute Gasteiger partial charge is 0.490 e. The van der Waals surface area contributed by atoms with Crippen molar-refractivity contribution in [3.05, 3.63) is 66.0 Å². The summed E-state index contributed by atoms with van der Waals surface area (Å²) in [7, 11) is 1.56. The van der Waals surface area contributed by atoms with Gasteiger partial charge in [0.15, 0.2) is 0 Å². The van der Waals surface area contributed by atoms with E-state index in [-0.39, 0.29) is 19.2 Å². The third-order valence-corrected chi connectivity index (χ3v) is 5.04. The van der Waals surface area contributed by atoms with E-state index < -0.39 is 17.2 Å². The fraction of sp³-hybridized carbons (Fsp3) is 0.407. The van der Waals surface area contributed by atoms with E-state index in [1.165, 1.54) is 6.07 Å². The van der Waals surface area contributed by atoms with Gasteiger partial charge < -0.3 is 18.9 Å². The van der Waals surface area contributed by atoms with Crippen molar-refractivity contribution in [2.45, 2.75) is 33.6 Å². The molecule has 0 aromatic heterocycles. The number of aryl methyl sites for hydroxylation is 1. The molecule has 0 aliphatic rings. The number of esters is 2. The molecule has 7 heteroatoms. The van der Waals surface area contributed by atoms with Gasteiger partial charge in [0.1, 0.15) is 24.8 Å². The molecule has 184 valence electrons.